The fourth-order valence-corrected chi connectivity index (χ4v) is 2.30. The van der Waals surface area contributed by atoms with Crippen LogP contribution in [0.2, 0.25) is 0 Å². The predicted octanol–water partition coefficient (Wildman–Crippen LogP) is 2.66. The van der Waals surface area contributed by atoms with Gasteiger partial charge in [-0.05, 0) is 17.9 Å². The maximum atomic E-state index is 11.4. The first-order valence-corrected chi connectivity index (χ1v) is 5.65. The molecule has 2 heteroatoms. The molecule has 2 rings (SSSR count). The first kappa shape index (κ1) is 10.2. The zero-order valence-corrected chi connectivity index (χ0v) is 9.07. The lowest BCUT2D eigenvalue weighted by Gasteiger charge is -2.31. The van der Waals surface area contributed by atoms with Gasteiger partial charge in [-0.3, -0.25) is 4.79 Å². The topological polar surface area (TPSA) is 29.1 Å². The molecule has 80 valence electrons. The molecule has 2 atom stereocenters. The van der Waals surface area contributed by atoms with Crippen LogP contribution in [0.4, 0.5) is 0 Å². The molecule has 1 saturated heterocycles. The average molecular weight is 203 g/mol. The van der Waals surface area contributed by atoms with Crippen LogP contribution < -0.4 is 5.32 Å². The molecule has 0 unspecified atom stereocenters. The summed E-state index contributed by atoms with van der Waals surface area (Å²) in [6.45, 7) is 2.19. The van der Waals surface area contributed by atoms with Crippen LogP contribution in [0.15, 0.2) is 30.3 Å². The van der Waals surface area contributed by atoms with Crippen LogP contribution in [-0.4, -0.2) is 5.91 Å². The van der Waals surface area contributed by atoms with Crippen molar-refractivity contribution in [2.75, 3.05) is 0 Å². The summed E-state index contributed by atoms with van der Waals surface area (Å²) in [6, 6.07) is 10.5. The SMILES string of the molecule is CC[C@@H]1CCC(=O)N[C@@H]1c1ccccc1. The van der Waals surface area contributed by atoms with Crippen molar-refractivity contribution in [1.82, 2.24) is 5.32 Å². The fourth-order valence-electron chi connectivity index (χ4n) is 2.30. The zero-order valence-electron chi connectivity index (χ0n) is 9.07. The molecule has 0 spiro atoms. The second kappa shape index (κ2) is 4.47. The molecule has 1 aliphatic rings. The molecule has 1 aromatic carbocycles. The summed E-state index contributed by atoms with van der Waals surface area (Å²) in [7, 11) is 0. The molecule has 1 aromatic rings. The van der Waals surface area contributed by atoms with Crippen LogP contribution in [0.3, 0.4) is 0 Å². The van der Waals surface area contributed by atoms with Crippen LogP contribution in [0.25, 0.3) is 0 Å². The number of hydrogen-bond acceptors (Lipinski definition) is 1. The summed E-state index contributed by atoms with van der Waals surface area (Å²) >= 11 is 0. The quantitative estimate of drug-likeness (QED) is 0.786. The number of nitrogens with one attached hydrogen (secondary N) is 1. The Kier molecular flexibility index (Phi) is 3.05. The molecule has 1 aliphatic heterocycles. The van der Waals surface area contributed by atoms with Gasteiger partial charge in [0, 0.05) is 6.42 Å². The number of rotatable bonds is 2. The highest BCUT2D eigenvalue weighted by atomic mass is 16.1. The third-order valence-electron chi connectivity index (χ3n) is 3.21. The van der Waals surface area contributed by atoms with Crippen molar-refractivity contribution in [1.29, 1.82) is 0 Å². The van der Waals surface area contributed by atoms with Gasteiger partial charge in [-0.15, -0.1) is 0 Å². The van der Waals surface area contributed by atoms with E-state index in [9.17, 15) is 4.79 Å². The van der Waals surface area contributed by atoms with E-state index in [0.29, 0.717) is 12.3 Å². The minimum absolute atomic E-state index is 0.188. The van der Waals surface area contributed by atoms with E-state index < -0.39 is 0 Å². The minimum atomic E-state index is 0.188. The Labute approximate surface area is 90.7 Å². The van der Waals surface area contributed by atoms with Crippen molar-refractivity contribution in [3.8, 4) is 0 Å². The molecular weight excluding hydrogens is 186 g/mol. The monoisotopic (exact) mass is 203 g/mol. The van der Waals surface area contributed by atoms with Crippen LogP contribution in [0.5, 0.6) is 0 Å². The number of piperidine rings is 1. The minimum Gasteiger partial charge on any atom is -0.349 e. The van der Waals surface area contributed by atoms with Crippen LogP contribution in [0, 0.1) is 5.92 Å². The highest BCUT2D eigenvalue weighted by Gasteiger charge is 2.28. The first-order valence-electron chi connectivity index (χ1n) is 5.65. The summed E-state index contributed by atoms with van der Waals surface area (Å²) < 4.78 is 0. The summed E-state index contributed by atoms with van der Waals surface area (Å²) in [4.78, 5) is 11.4. The lowest BCUT2D eigenvalue weighted by atomic mass is 9.84. The molecule has 0 radical (unpaired) electrons. The lowest BCUT2D eigenvalue weighted by Crippen LogP contribution is -2.38. The number of hydrogen-bond donors (Lipinski definition) is 1. The Morgan fingerprint density at radius 3 is 2.73 bits per heavy atom. The Bertz CT molecular complexity index is 334. The molecule has 1 amide bonds. The highest BCUT2D eigenvalue weighted by molar-refractivity contribution is 5.77. The van der Waals surface area contributed by atoms with E-state index in [1.54, 1.807) is 0 Å². The third kappa shape index (κ3) is 2.20. The highest BCUT2D eigenvalue weighted by Crippen LogP contribution is 2.31. The predicted molar refractivity (Wildman–Crippen MR) is 60.3 cm³/mol. The van der Waals surface area contributed by atoms with Gasteiger partial charge < -0.3 is 5.32 Å². The van der Waals surface area contributed by atoms with E-state index in [4.69, 9.17) is 0 Å². The molecule has 0 aromatic heterocycles. The normalized spacial score (nSPS) is 26.1. The van der Waals surface area contributed by atoms with E-state index in [0.717, 1.165) is 12.8 Å². The van der Waals surface area contributed by atoms with Crippen molar-refractivity contribution >= 4 is 5.91 Å². The van der Waals surface area contributed by atoms with Gasteiger partial charge in [0.1, 0.15) is 0 Å². The largest absolute Gasteiger partial charge is 0.349 e. The van der Waals surface area contributed by atoms with Crippen LogP contribution >= 0.6 is 0 Å². The van der Waals surface area contributed by atoms with Gasteiger partial charge >= 0.3 is 0 Å². The van der Waals surface area contributed by atoms with Crippen LogP contribution in [0.1, 0.15) is 37.8 Å². The summed E-state index contributed by atoms with van der Waals surface area (Å²) in [5.74, 6) is 0.777. The van der Waals surface area contributed by atoms with Crippen molar-refractivity contribution in [2.45, 2.75) is 32.2 Å². The molecule has 15 heavy (non-hydrogen) atoms. The van der Waals surface area contributed by atoms with E-state index in [-0.39, 0.29) is 11.9 Å². The fraction of sp³-hybridized carbons (Fsp3) is 0.462. The standard InChI is InChI=1S/C13H17NO/c1-2-10-8-9-12(15)14-13(10)11-6-4-3-5-7-11/h3-7,10,13H,2,8-9H2,1H3,(H,14,15)/t10-,13+/m1/s1. The van der Waals surface area contributed by atoms with Gasteiger partial charge in [0.15, 0.2) is 0 Å². The molecule has 1 fully saturated rings. The summed E-state index contributed by atoms with van der Waals surface area (Å²) in [5, 5.41) is 3.09. The van der Waals surface area contributed by atoms with Crippen molar-refractivity contribution in [3.05, 3.63) is 35.9 Å². The molecule has 0 saturated carbocycles. The van der Waals surface area contributed by atoms with Crippen molar-refractivity contribution < 1.29 is 4.79 Å². The lowest BCUT2D eigenvalue weighted by molar-refractivity contribution is -0.124. The van der Waals surface area contributed by atoms with E-state index in [1.165, 1.54) is 5.56 Å². The maximum Gasteiger partial charge on any atom is 0.220 e. The van der Waals surface area contributed by atoms with Gasteiger partial charge in [-0.1, -0.05) is 43.7 Å². The Hall–Kier alpha value is -1.31. The number of carbonyl (C=O) groups is 1. The second-order valence-corrected chi connectivity index (χ2v) is 4.16. The van der Waals surface area contributed by atoms with E-state index in [2.05, 4.69) is 24.4 Å². The Morgan fingerprint density at radius 2 is 2.07 bits per heavy atom. The Morgan fingerprint density at radius 1 is 1.33 bits per heavy atom. The molecule has 0 aliphatic carbocycles. The first-order chi connectivity index (χ1) is 7.31. The number of carbonyl (C=O) groups excluding carboxylic acids is 1. The second-order valence-electron chi connectivity index (χ2n) is 4.16. The van der Waals surface area contributed by atoms with E-state index in [1.807, 2.05) is 18.2 Å². The van der Waals surface area contributed by atoms with Gasteiger partial charge in [0.05, 0.1) is 6.04 Å². The molecule has 1 N–H and O–H groups in total. The van der Waals surface area contributed by atoms with Gasteiger partial charge in [0.25, 0.3) is 0 Å². The molecule has 2 nitrogen and oxygen atoms in total. The smallest absolute Gasteiger partial charge is 0.220 e. The van der Waals surface area contributed by atoms with Gasteiger partial charge in [0.2, 0.25) is 5.91 Å². The van der Waals surface area contributed by atoms with Crippen molar-refractivity contribution in [3.63, 3.8) is 0 Å². The average Bonchev–Trinajstić information content (AvgIpc) is 2.30. The summed E-state index contributed by atoms with van der Waals surface area (Å²) in [6.07, 6.45) is 2.82. The maximum absolute atomic E-state index is 11.4. The summed E-state index contributed by atoms with van der Waals surface area (Å²) in [5.41, 5.74) is 1.23. The van der Waals surface area contributed by atoms with Gasteiger partial charge in [-0.2, -0.15) is 0 Å². The number of amides is 1. The van der Waals surface area contributed by atoms with Crippen LogP contribution in [-0.2, 0) is 4.79 Å². The third-order valence-corrected chi connectivity index (χ3v) is 3.21. The van der Waals surface area contributed by atoms with E-state index >= 15 is 0 Å². The molecular formula is C13H17NO. The zero-order chi connectivity index (χ0) is 10.7. The molecule has 0 bridgehead atoms. The van der Waals surface area contributed by atoms with Crippen molar-refractivity contribution in [2.24, 2.45) is 5.92 Å². The van der Waals surface area contributed by atoms with Gasteiger partial charge in [-0.25, -0.2) is 0 Å². The Balaban J connectivity index is 2.21. The number of benzene rings is 1. The molecule has 1 heterocycles.